The molecule has 0 bridgehead atoms. The van der Waals surface area contributed by atoms with Crippen LogP contribution in [0.25, 0.3) is 0 Å². The Labute approximate surface area is 133 Å². The van der Waals surface area contributed by atoms with Crippen LogP contribution in [0.15, 0.2) is 29.2 Å². The number of hydrogen-bond donors (Lipinski definition) is 2. The van der Waals surface area contributed by atoms with E-state index in [1.165, 1.54) is 0 Å². The third-order valence-electron chi connectivity index (χ3n) is 3.05. The smallest absolute Gasteiger partial charge is 0.258 e. The van der Waals surface area contributed by atoms with Crippen molar-refractivity contribution in [2.24, 2.45) is 0 Å². The molecule has 0 radical (unpaired) electrons. The molecule has 0 fully saturated rings. The molecule has 0 saturated carbocycles. The molecule has 0 unspecified atom stereocenters. The normalized spacial score (nSPS) is 11.5. The molecular weight excluding hydrogens is 306 g/mol. The van der Waals surface area contributed by atoms with Gasteiger partial charge in [-0.25, -0.2) is 0 Å². The molecule has 112 valence electrons. The average molecular weight is 324 g/mol. The monoisotopic (exact) mass is 323 g/mol. The van der Waals surface area contributed by atoms with Crippen molar-refractivity contribution in [3.8, 4) is 0 Å². The number of thioether (sulfide) groups is 1. The van der Waals surface area contributed by atoms with E-state index in [1.54, 1.807) is 23.9 Å². The van der Waals surface area contributed by atoms with Crippen LogP contribution in [0, 0.1) is 0 Å². The van der Waals surface area contributed by atoms with Gasteiger partial charge < -0.3 is 5.32 Å². The molecule has 4 nitrogen and oxygen atoms in total. The molecule has 0 aliphatic heterocycles. The fraction of sp³-hybridized carbons (Fsp3) is 0.333. The molecule has 0 aliphatic carbocycles. The van der Waals surface area contributed by atoms with Gasteiger partial charge in [0, 0.05) is 22.1 Å². The molecule has 1 aromatic heterocycles. The van der Waals surface area contributed by atoms with Crippen LogP contribution in [0.2, 0.25) is 5.02 Å². The predicted molar refractivity (Wildman–Crippen MR) is 88.5 cm³/mol. The van der Waals surface area contributed by atoms with Crippen LogP contribution in [0.1, 0.15) is 36.8 Å². The number of carbonyl (C=O) groups excluding carboxylic acids is 1. The Kier molecular flexibility index (Phi) is 4.64. The van der Waals surface area contributed by atoms with E-state index in [0.29, 0.717) is 16.4 Å². The van der Waals surface area contributed by atoms with Crippen molar-refractivity contribution in [2.75, 3.05) is 11.6 Å². The van der Waals surface area contributed by atoms with Crippen molar-refractivity contribution < 1.29 is 4.79 Å². The molecule has 1 aromatic carbocycles. The molecule has 1 heterocycles. The fourth-order valence-corrected chi connectivity index (χ4v) is 2.40. The van der Waals surface area contributed by atoms with Gasteiger partial charge in [0.1, 0.15) is 0 Å². The molecule has 0 atom stereocenters. The van der Waals surface area contributed by atoms with Crippen molar-refractivity contribution in [1.29, 1.82) is 0 Å². The second-order valence-corrected chi connectivity index (χ2v) is 7.00. The standard InChI is InChI=1S/C15H18ClN3OS/c1-15(2,3)12-8-13(19-18-12)17-14(20)10-7-9(21-4)5-6-11(10)16/h5-8H,1-4H3,(H2,17,18,19,20). The van der Waals surface area contributed by atoms with E-state index in [9.17, 15) is 4.79 Å². The molecule has 0 aliphatic rings. The van der Waals surface area contributed by atoms with Crippen molar-refractivity contribution in [1.82, 2.24) is 10.2 Å². The lowest BCUT2D eigenvalue weighted by Crippen LogP contribution is -2.13. The molecule has 2 aromatic rings. The summed E-state index contributed by atoms with van der Waals surface area (Å²) in [5, 5.41) is 10.2. The van der Waals surface area contributed by atoms with Crippen LogP contribution in [-0.2, 0) is 5.41 Å². The highest BCUT2D eigenvalue weighted by molar-refractivity contribution is 7.98. The number of rotatable bonds is 3. The highest BCUT2D eigenvalue weighted by Crippen LogP contribution is 2.25. The third-order valence-corrected chi connectivity index (χ3v) is 4.10. The van der Waals surface area contributed by atoms with Gasteiger partial charge >= 0.3 is 0 Å². The summed E-state index contributed by atoms with van der Waals surface area (Å²) in [4.78, 5) is 13.3. The maximum atomic E-state index is 12.3. The zero-order valence-electron chi connectivity index (χ0n) is 12.5. The molecule has 1 amide bonds. The first-order valence-electron chi connectivity index (χ1n) is 6.52. The van der Waals surface area contributed by atoms with Gasteiger partial charge in [0.25, 0.3) is 5.91 Å². The van der Waals surface area contributed by atoms with Gasteiger partial charge in [0.05, 0.1) is 10.6 Å². The summed E-state index contributed by atoms with van der Waals surface area (Å²) in [6.45, 7) is 6.22. The number of nitrogens with one attached hydrogen (secondary N) is 2. The van der Waals surface area contributed by atoms with Crippen molar-refractivity contribution in [3.63, 3.8) is 0 Å². The summed E-state index contributed by atoms with van der Waals surface area (Å²) in [6, 6.07) is 7.23. The maximum absolute atomic E-state index is 12.3. The Hall–Kier alpha value is -1.46. The van der Waals surface area contributed by atoms with Crippen LogP contribution < -0.4 is 5.32 Å². The zero-order chi connectivity index (χ0) is 15.6. The Morgan fingerprint density at radius 3 is 2.62 bits per heavy atom. The second-order valence-electron chi connectivity index (χ2n) is 5.72. The molecular formula is C15H18ClN3OS. The van der Waals surface area contributed by atoms with Gasteiger partial charge in [0.2, 0.25) is 0 Å². The number of aromatic amines is 1. The summed E-state index contributed by atoms with van der Waals surface area (Å²) in [5.74, 6) is 0.235. The Morgan fingerprint density at radius 1 is 1.33 bits per heavy atom. The number of carbonyl (C=O) groups is 1. The van der Waals surface area contributed by atoms with Crippen molar-refractivity contribution in [3.05, 3.63) is 40.5 Å². The first-order valence-corrected chi connectivity index (χ1v) is 8.12. The van der Waals surface area contributed by atoms with Crippen LogP contribution in [0.4, 0.5) is 5.82 Å². The number of anilines is 1. The van der Waals surface area contributed by atoms with Crippen molar-refractivity contribution in [2.45, 2.75) is 31.1 Å². The van der Waals surface area contributed by atoms with E-state index in [1.807, 2.05) is 18.4 Å². The average Bonchev–Trinajstić information content (AvgIpc) is 2.87. The minimum atomic E-state index is -0.261. The summed E-state index contributed by atoms with van der Waals surface area (Å²) < 4.78 is 0. The molecule has 0 spiro atoms. The number of halogens is 1. The summed E-state index contributed by atoms with van der Waals surface area (Å²) in [5.41, 5.74) is 1.36. The van der Waals surface area contributed by atoms with Gasteiger partial charge in [-0.3, -0.25) is 9.89 Å². The van der Waals surface area contributed by atoms with Crippen LogP contribution in [0.5, 0.6) is 0 Å². The van der Waals surface area contributed by atoms with Gasteiger partial charge in [-0.2, -0.15) is 5.10 Å². The lowest BCUT2D eigenvalue weighted by molar-refractivity contribution is 0.102. The molecule has 2 rings (SSSR count). The minimum Gasteiger partial charge on any atom is -0.305 e. The molecule has 2 N–H and O–H groups in total. The van der Waals surface area contributed by atoms with E-state index in [4.69, 9.17) is 11.6 Å². The van der Waals surface area contributed by atoms with Gasteiger partial charge in [-0.05, 0) is 24.5 Å². The summed E-state index contributed by atoms with van der Waals surface area (Å²) in [6.07, 6.45) is 1.95. The summed E-state index contributed by atoms with van der Waals surface area (Å²) >= 11 is 7.66. The van der Waals surface area contributed by atoms with E-state index in [2.05, 4.69) is 36.3 Å². The van der Waals surface area contributed by atoms with Gasteiger partial charge in [-0.1, -0.05) is 32.4 Å². The largest absolute Gasteiger partial charge is 0.305 e. The lowest BCUT2D eigenvalue weighted by atomic mass is 9.92. The SMILES string of the molecule is CSc1ccc(Cl)c(C(=O)Nc2cc(C(C)(C)C)[nH]n2)c1. The highest BCUT2D eigenvalue weighted by Gasteiger charge is 2.18. The van der Waals surface area contributed by atoms with Crippen molar-refractivity contribution >= 4 is 35.1 Å². The molecule has 21 heavy (non-hydrogen) atoms. The zero-order valence-corrected chi connectivity index (χ0v) is 14.0. The van der Waals surface area contributed by atoms with E-state index >= 15 is 0 Å². The van der Waals surface area contributed by atoms with Crippen LogP contribution in [0.3, 0.4) is 0 Å². The number of hydrogen-bond acceptors (Lipinski definition) is 3. The first kappa shape index (κ1) is 15.9. The molecule has 0 saturated heterocycles. The van der Waals surface area contributed by atoms with E-state index in [0.717, 1.165) is 10.6 Å². The fourth-order valence-electron chi connectivity index (χ4n) is 1.76. The lowest BCUT2D eigenvalue weighted by Gasteiger charge is -2.14. The number of benzene rings is 1. The number of nitrogens with zero attached hydrogens (tertiary/aromatic N) is 1. The Balaban J connectivity index is 2.20. The van der Waals surface area contributed by atoms with Gasteiger partial charge in [0.15, 0.2) is 5.82 Å². The van der Waals surface area contributed by atoms with Crippen LogP contribution in [-0.4, -0.2) is 22.4 Å². The highest BCUT2D eigenvalue weighted by atomic mass is 35.5. The van der Waals surface area contributed by atoms with Crippen LogP contribution >= 0.6 is 23.4 Å². The van der Waals surface area contributed by atoms with E-state index in [-0.39, 0.29) is 11.3 Å². The quantitative estimate of drug-likeness (QED) is 0.826. The molecule has 6 heteroatoms. The Morgan fingerprint density at radius 2 is 2.05 bits per heavy atom. The third kappa shape index (κ3) is 3.80. The predicted octanol–water partition coefficient (Wildman–Crippen LogP) is 4.33. The first-order chi connectivity index (χ1) is 9.81. The minimum absolute atomic E-state index is 0.0492. The topological polar surface area (TPSA) is 57.8 Å². The summed E-state index contributed by atoms with van der Waals surface area (Å²) in [7, 11) is 0. The van der Waals surface area contributed by atoms with E-state index < -0.39 is 0 Å². The number of aromatic nitrogens is 2. The maximum Gasteiger partial charge on any atom is 0.258 e. The van der Waals surface area contributed by atoms with Gasteiger partial charge in [-0.15, -0.1) is 11.8 Å². The number of H-pyrrole nitrogens is 1. The second kappa shape index (κ2) is 6.12. The Bertz CT molecular complexity index is 661. The number of amides is 1.